The Kier molecular flexibility index (Phi) is 2.37. The molecule has 0 saturated carbocycles. The van der Waals surface area contributed by atoms with Crippen LogP contribution in [0.2, 0.25) is 0 Å². The minimum Gasteiger partial charge on any atom is -0.493 e. The Bertz CT molecular complexity index is 352. The number of hydrogen-bond donors (Lipinski definition) is 1. The largest absolute Gasteiger partial charge is 0.493 e. The van der Waals surface area contributed by atoms with E-state index in [-0.39, 0.29) is 11.3 Å². The van der Waals surface area contributed by atoms with Gasteiger partial charge in [-0.25, -0.2) is 8.78 Å². The molecule has 0 bridgehead atoms. The van der Waals surface area contributed by atoms with Crippen LogP contribution in [0.1, 0.15) is 24.5 Å². The highest BCUT2D eigenvalue weighted by Crippen LogP contribution is 2.34. The van der Waals surface area contributed by atoms with E-state index in [1.165, 1.54) is 0 Å². The smallest absolute Gasteiger partial charge is 0.135 e. The fourth-order valence-corrected chi connectivity index (χ4v) is 1.61. The molecule has 0 radical (unpaired) electrons. The van der Waals surface area contributed by atoms with Crippen LogP contribution in [0.4, 0.5) is 8.78 Å². The van der Waals surface area contributed by atoms with Crippen LogP contribution >= 0.6 is 0 Å². The van der Waals surface area contributed by atoms with Crippen molar-refractivity contribution in [1.29, 1.82) is 0 Å². The van der Waals surface area contributed by atoms with E-state index in [1.807, 2.05) is 0 Å². The zero-order chi connectivity index (χ0) is 10.1. The second-order valence-corrected chi connectivity index (χ2v) is 3.31. The van der Waals surface area contributed by atoms with E-state index >= 15 is 0 Å². The Morgan fingerprint density at radius 3 is 2.93 bits per heavy atom. The third kappa shape index (κ3) is 1.57. The summed E-state index contributed by atoms with van der Waals surface area (Å²) < 4.78 is 31.2. The van der Waals surface area contributed by atoms with Crippen LogP contribution in [0.25, 0.3) is 0 Å². The van der Waals surface area contributed by atoms with Crippen LogP contribution < -0.4 is 4.74 Å². The molecule has 1 aliphatic rings. The van der Waals surface area contributed by atoms with Gasteiger partial charge in [0.15, 0.2) is 0 Å². The highest BCUT2D eigenvalue weighted by atomic mass is 19.1. The molecule has 14 heavy (non-hydrogen) atoms. The molecular weight excluding hydrogens is 190 g/mol. The number of aliphatic hydroxyl groups is 1. The summed E-state index contributed by atoms with van der Waals surface area (Å²) in [4.78, 5) is 0. The van der Waals surface area contributed by atoms with Crippen LogP contribution in [-0.4, -0.2) is 11.7 Å². The summed E-state index contributed by atoms with van der Waals surface area (Å²) in [6.45, 7) is 0.382. The Hall–Kier alpha value is -1.16. The summed E-state index contributed by atoms with van der Waals surface area (Å²) in [5, 5.41) is 9.57. The van der Waals surface area contributed by atoms with E-state index in [1.54, 1.807) is 0 Å². The molecule has 0 aliphatic carbocycles. The lowest BCUT2D eigenvalue weighted by Crippen LogP contribution is -2.01. The summed E-state index contributed by atoms with van der Waals surface area (Å²) >= 11 is 0. The molecule has 0 fully saturated rings. The molecule has 1 heterocycles. The minimum absolute atomic E-state index is 0.0731. The molecule has 0 amide bonds. The Morgan fingerprint density at radius 1 is 1.36 bits per heavy atom. The normalized spacial score (nSPS) is 20.9. The molecule has 0 aromatic heterocycles. The monoisotopic (exact) mass is 200 g/mol. The molecule has 76 valence electrons. The van der Waals surface area contributed by atoms with Crippen molar-refractivity contribution in [2.24, 2.45) is 0 Å². The summed E-state index contributed by atoms with van der Waals surface area (Å²) in [5.74, 6) is -1.31. The van der Waals surface area contributed by atoms with Crippen molar-refractivity contribution in [3.05, 3.63) is 29.3 Å². The summed E-state index contributed by atoms with van der Waals surface area (Å²) in [5.41, 5.74) is 0.0731. The molecule has 1 aromatic carbocycles. The molecular formula is C10H10F2O2. The summed E-state index contributed by atoms with van der Waals surface area (Å²) in [6.07, 6.45) is 0.181. The van der Waals surface area contributed by atoms with E-state index in [2.05, 4.69) is 0 Å². The first-order valence-corrected chi connectivity index (χ1v) is 4.48. The molecule has 4 heteroatoms. The van der Waals surface area contributed by atoms with Gasteiger partial charge < -0.3 is 9.84 Å². The standard InChI is InChI=1S/C10H10F2O2/c11-6-4-7(12)10-8(13)2-1-3-14-9(10)5-6/h4-5,8,13H,1-3H2/t8-/m1/s1. The predicted molar refractivity (Wildman–Crippen MR) is 46.0 cm³/mol. The van der Waals surface area contributed by atoms with Crippen molar-refractivity contribution in [2.75, 3.05) is 6.61 Å². The second kappa shape index (κ2) is 3.53. The van der Waals surface area contributed by atoms with Crippen LogP contribution in [-0.2, 0) is 0 Å². The fraction of sp³-hybridized carbons (Fsp3) is 0.400. The van der Waals surface area contributed by atoms with E-state index in [9.17, 15) is 13.9 Å². The van der Waals surface area contributed by atoms with Crippen molar-refractivity contribution >= 4 is 0 Å². The maximum atomic E-state index is 13.3. The van der Waals surface area contributed by atoms with E-state index in [0.29, 0.717) is 19.4 Å². The number of fused-ring (bicyclic) bond motifs is 1. The first-order chi connectivity index (χ1) is 6.68. The molecule has 1 atom stereocenters. The molecule has 2 nitrogen and oxygen atoms in total. The van der Waals surface area contributed by atoms with Crippen molar-refractivity contribution < 1.29 is 18.6 Å². The topological polar surface area (TPSA) is 29.5 Å². The lowest BCUT2D eigenvalue weighted by molar-refractivity contribution is 0.163. The molecule has 0 spiro atoms. The van der Waals surface area contributed by atoms with Gasteiger partial charge in [-0.2, -0.15) is 0 Å². The van der Waals surface area contributed by atoms with Gasteiger partial charge in [0.1, 0.15) is 17.4 Å². The fourth-order valence-electron chi connectivity index (χ4n) is 1.61. The SMILES string of the molecule is O[C@@H]1CCCOc2cc(F)cc(F)c21. The Labute approximate surface area is 80.1 Å². The number of aliphatic hydroxyl groups excluding tert-OH is 1. The number of halogens is 2. The van der Waals surface area contributed by atoms with Crippen LogP contribution in [0.15, 0.2) is 12.1 Å². The lowest BCUT2D eigenvalue weighted by Gasteiger charge is -2.11. The van der Waals surface area contributed by atoms with Gasteiger partial charge in [-0.05, 0) is 12.8 Å². The average molecular weight is 200 g/mol. The number of hydrogen-bond acceptors (Lipinski definition) is 2. The van der Waals surface area contributed by atoms with Gasteiger partial charge in [-0.3, -0.25) is 0 Å². The van der Waals surface area contributed by atoms with E-state index in [0.717, 1.165) is 12.1 Å². The summed E-state index contributed by atoms with van der Waals surface area (Å²) in [7, 11) is 0. The van der Waals surface area contributed by atoms with Crippen molar-refractivity contribution in [3.63, 3.8) is 0 Å². The zero-order valence-corrected chi connectivity index (χ0v) is 7.46. The van der Waals surface area contributed by atoms with Gasteiger partial charge in [0.05, 0.1) is 18.3 Å². The van der Waals surface area contributed by atoms with Gasteiger partial charge >= 0.3 is 0 Å². The van der Waals surface area contributed by atoms with Crippen molar-refractivity contribution in [1.82, 2.24) is 0 Å². The first-order valence-electron chi connectivity index (χ1n) is 4.48. The van der Waals surface area contributed by atoms with Gasteiger partial charge in [0, 0.05) is 12.1 Å². The number of ether oxygens (including phenoxy) is 1. The van der Waals surface area contributed by atoms with E-state index < -0.39 is 17.7 Å². The quantitative estimate of drug-likeness (QED) is 0.695. The second-order valence-electron chi connectivity index (χ2n) is 3.31. The Morgan fingerprint density at radius 2 is 2.14 bits per heavy atom. The molecule has 2 rings (SSSR count). The van der Waals surface area contributed by atoms with Gasteiger partial charge in [0.2, 0.25) is 0 Å². The minimum atomic E-state index is -0.895. The summed E-state index contributed by atoms with van der Waals surface area (Å²) in [6, 6.07) is 1.86. The first kappa shape index (κ1) is 9.40. The highest BCUT2D eigenvalue weighted by molar-refractivity contribution is 5.37. The van der Waals surface area contributed by atoms with Crippen LogP contribution in [0, 0.1) is 11.6 Å². The van der Waals surface area contributed by atoms with E-state index in [4.69, 9.17) is 4.74 Å². The average Bonchev–Trinajstić information content (AvgIpc) is 2.27. The van der Waals surface area contributed by atoms with Crippen molar-refractivity contribution in [2.45, 2.75) is 18.9 Å². The maximum absolute atomic E-state index is 13.3. The van der Waals surface area contributed by atoms with Gasteiger partial charge in [-0.15, -0.1) is 0 Å². The van der Waals surface area contributed by atoms with Crippen LogP contribution in [0.3, 0.4) is 0 Å². The lowest BCUT2D eigenvalue weighted by atomic mass is 10.0. The molecule has 1 aliphatic heterocycles. The predicted octanol–water partition coefficient (Wildman–Crippen LogP) is 2.17. The number of rotatable bonds is 0. The van der Waals surface area contributed by atoms with Crippen LogP contribution in [0.5, 0.6) is 5.75 Å². The molecule has 1 N–H and O–H groups in total. The zero-order valence-electron chi connectivity index (χ0n) is 7.46. The molecule has 0 unspecified atom stereocenters. The highest BCUT2D eigenvalue weighted by Gasteiger charge is 2.22. The van der Waals surface area contributed by atoms with Gasteiger partial charge in [0.25, 0.3) is 0 Å². The third-order valence-electron chi connectivity index (χ3n) is 2.27. The Balaban J connectivity index is 2.53. The molecule has 0 saturated heterocycles. The van der Waals surface area contributed by atoms with Gasteiger partial charge in [-0.1, -0.05) is 0 Å². The maximum Gasteiger partial charge on any atom is 0.135 e. The number of benzene rings is 1. The van der Waals surface area contributed by atoms with Crippen molar-refractivity contribution in [3.8, 4) is 5.75 Å². The molecule has 1 aromatic rings. The third-order valence-corrected chi connectivity index (χ3v) is 2.27.